The van der Waals surface area contributed by atoms with Crippen LogP contribution in [0, 0.1) is 0 Å². The molecule has 18 heavy (non-hydrogen) atoms. The molecule has 0 bridgehead atoms. The van der Waals surface area contributed by atoms with Crippen LogP contribution >= 0.6 is 0 Å². The number of benzene rings is 3. The zero-order chi connectivity index (χ0) is 12.4. The van der Waals surface area contributed by atoms with Crippen LogP contribution in [-0.2, 0) is 0 Å². The van der Waals surface area contributed by atoms with Gasteiger partial charge in [0.1, 0.15) is 5.75 Å². The van der Waals surface area contributed by atoms with Crippen LogP contribution in [0.2, 0.25) is 0 Å². The van der Waals surface area contributed by atoms with Crippen LogP contribution in [0.3, 0.4) is 0 Å². The lowest BCUT2D eigenvalue weighted by atomic mass is 10.1. The van der Waals surface area contributed by atoms with Crippen LogP contribution in [0.1, 0.15) is 0 Å². The highest BCUT2D eigenvalue weighted by Gasteiger charge is 2.00. The summed E-state index contributed by atoms with van der Waals surface area (Å²) in [7, 11) is 0. The SMILES string of the molecule is Oc1ccccc1Nc1ccc2ccccc2c1. The summed E-state index contributed by atoms with van der Waals surface area (Å²) in [6.45, 7) is 0. The lowest BCUT2D eigenvalue weighted by Gasteiger charge is -2.09. The number of phenolic OH excluding ortho intramolecular Hbond substituents is 1. The van der Waals surface area contributed by atoms with Crippen molar-refractivity contribution >= 4 is 22.1 Å². The molecule has 0 heterocycles. The fraction of sp³-hybridized carbons (Fsp3) is 0. The molecule has 0 atom stereocenters. The molecular formula is C16H13NO. The first-order valence-corrected chi connectivity index (χ1v) is 5.87. The first-order chi connectivity index (χ1) is 8.83. The van der Waals surface area contributed by atoms with Gasteiger partial charge in [-0.3, -0.25) is 0 Å². The summed E-state index contributed by atoms with van der Waals surface area (Å²) in [6, 6.07) is 21.6. The Balaban J connectivity index is 1.98. The monoisotopic (exact) mass is 235 g/mol. The Labute approximate surface area is 106 Å². The maximum absolute atomic E-state index is 9.72. The molecule has 2 nitrogen and oxygen atoms in total. The van der Waals surface area contributed by atoms with E-state index >= 15 is 0 Å². The van der Waals surface area contributed by atoms with Gasteiger partial charge >= 0.3 is 0 Å². The molecule has 0 saturated heterocycles. The number of para-hydroxylation sites is 2. The highest BCUT2D eigenvalue weighted by atomic mass is 16.3. The maximum atomic E-state index is 9.72. The topological polar surface area (TPSA) is 32.3 Å². The van der Waals surface area contributed by atoms with E-state index in [0.717, 1.165) is 5.69 Å². The summed E-state index contributed by atoms with van der Waals surface area (Å²) in [5.74, 6) is 0.255. The van der Waals surface area contributed by atoms with Crippen molar-refractivity contribution in [2.45, 2.75) is 0 Å². The number of phenols is 1. The minimum atomic E-state index is 0.255. The Morgan fingerprint density at radius 2 is 1.44 bits per heavy atom. The van der Waals surface area contributed by atoms with E-state index in [1.54, 1.807) is 12.1 Å². The van der Waals surface area contributed by atoms with Crippen molar-refractivity contribution in [3.63, 3.8) is 0 Å². The van der Waals surface area contributed by atoms with E-state index in [1.165, 1.54) is 10.8 Å². The fourth-order valence-electron chi connectivity index (χ4n) is 2.00. The van der Waals surface area contributed by atoms with Crippen molar-refractivity contribution in [3.05, 3.63) is 66.7 Å². The van der Waals surface area contributed by atoms with Gasteiger partial charge in [-0.15, -0.1) is 0 Å². The highest BCUT2D eigenvalue weighted by molar-refractivity contribution is 5.86. The van der Waals surface area contributed by atoms with Crippen LogP contribution in [-0.4, -0.2) is 5.11 Å². The van der Waals surface area contributed by atoms with Gasteiger partial charge in [-0.1, -0.05) is 42.5 Å². The molecule has 3 rings (SSSR count). The molecule has 88 valence electrons. The summed E-state index contributed by atoms with van der Waals surface area (Å²) >= 11 is 0. The highest BCUT2D eigenvalue weighted by Crippen LogP contribution is 2.27. The third-order valence-corrected chi connectivity index (χ3v) is 2.93. The van der Waals surface area contributed by atoms with Crippen molar-refractivity contribution in [3.8, 4) is 5.75 Å². The van der Waals surface area contributed by atoms with Crippen LogP contribution in [0.25, 0.3) is 10.8 Å². The summed E-state index contributed by atoms with van der Waals surface area (Å²) in [5.41, 5.74) is 1.68. The zero-order valence-electron chi connectivity index (χ0n) is 9.80. The van der Waals surface area contributed by atoms with Gasteiger partial charge in [-0.05, 0) is 35.0 Å². The van der Waals surface area contributed by atoms with Crippen LogP contribution in [0.4, 0.5) is 11.4 Å². The molecule has 0 fully saturated rings. The summed E-state index contributed by atoms with van der Waals surface area (Å²) in [5, 5.41) is 15.3. The summed E-state index contributed by atoms with van der Waals surface area (Å²) < 4.78 is 0. The molecule has 0 aliphatic rings. The van der Waals surface area contributed by atoms with E-state index in [9.17, 15) is 5.11 Å². The predicted octanol–water partition coefficient (Wildman–Crippen LogP) is 4.29. The van der Waals surface area contributed by atoms with Crippen LogP contribution < -0.4 is 5.32 Å². The van der Waals surface area contributed by atoms with Gasteiger partial charge in [-0.2, -0.15) is 0 Å². The van der Waals surface area contributed by atoms with E-state index in [0.29, 0.717) is 5.69 Å². The Kier molecular flexibility index (Phi) is 2.61. The van der Waals surface area contributed by atoms with Gasteiger partial charge < -0.3 is 10.4 Å². The average Bonchev–Trinajstić information content (AvgIpc) is 2.41. The van der Waals surface area contributed by atoms with Gasteiger partial charge in [0.15, 0.2) is 0 Å². The zero-order valence-corrected chi connectivity index (χ0v) is 9.80. The molecule has 2 N–H and O–H groups in total. The quantitative estimate of drug-likeness (QED) is 0.649. The second-order valence-corrected chi connectivity index (χ2v) is 4.20. The normalized spacial score (nSPS) is 10.4. The van der Waals surface area contributed by atoms with Crippen molar-refractivity contribution in [2.24, 2.45) is 0 Å². The predicted molar refractivity (Wildman–Crippen MR) is 75.3 cm³/mol. The number of aromatic hydroxyl groups is 1. The van der Waals surface area contributed by atoms with E-state index in [-0.39, 0.29) is 5.75 Å². The molecule has 0 radical (unpaired) electrons. The van der Waals surface area contributed by atoms with Gasteiger partial charge in [0.25, 0.3) is 0 Å². The lowest BCUT2D eigenvalue weighted by Crippen LogP contribution is -1.90. The smallest absolute Gasteiger partial charge is 0.139 e. The van der Waals surface area contributed by atoms with E-state index in [4.69, 9.17) is 0 Å². The number of hydrogen-bond donors (Lipinski definition) is 2. The van der Waals surface area contributed by atoms with Crippen LogP contribution in [0.5, 0.6) is 5.75 Å². The molecule has 3 aromatic carbocycles. The van der Waals surface area contributed by atoms with E-state index in [1.807, 2.05) is 30.3 Å². The summed E-state index contributed by atoms with van der Waals surface area (Å²) in [4.78, 5) is 0. The second-order valence-electron chi connectivity index (χ2n) is 4.20. The second kappa shape index (κ2) is 4.41. The van der Waals surface area contributed by atoms with Gasteiger partial charge in [0.05, 0.1) is 5.69 Å². The number of hydrogen-bond acceptors (Lipinski definition) is 2. The Bertz CT molecular complexity index is 691. The Morgan fingerprint density at radius 1 is 0.722 bits per heavy atom. The Morgan fingerprint density at radius 3 is 2.28 bits per heavy atom. The minimum Gasteiger partial charge on any atom is -0.506 e. The summed E-state index contributed by atoms with van der Waals surface area (Å²) in [6.07, 6.45) is 0. The molecule has 0 spiro atoms. The minimum absolute atomic E-state index is 0.255. The third-order valence-electron chi connectivity index (χ3n) is 2.93. The van der Waals surface area contributed by atoms with Crippen LogP contribution in [0.15, 0.2) is 66.7 Å². The van der Waals surface area contributed by atoms with Gasteiger partial charge in [-0.25, -0.2) is 0 Å². The first kappa shape index (κ1) is 10.7. The largest absolute Gasteiger partial charge is 0.506 e. The van der Waals surface area contributed by atoms with Crippen molar-refractivity contribution in [1.82, 2.24) is 0 Å². The van der Waals surface area contributed by atoms with E-state index < -0.39 is 0 Å². The van der Waals surface area contributed by atoms with Gasteiger partial charge in [0, 0.05) is 5.69 Å². The number of anilines is 2. The Hall–Kier alpha value is -2.48. The van der Waals surface area contributed by atoms with Crippen molar-refractivity contribution in [2.75, 3.05) is 5.32 Å². The van der Waals surface area contributed by atoms with Gasteiger partial charge in [0.2, 0.25) is 0 Å². The molecule has 0 unspecified atom stereocenters. The fourth-order valence-corrected chi connectivity index (χ4v) is 2.00. The molecular weight excluding hydrogens is 222 g/mol. The molecule has 3 aromatic rings. The van der Waals surface area contributed by atoms with E-state index in [2.05, 4.69) is 29.6 Å². The van der Waals surface area contributed by atoms with Crippen molar-refractivity contribution in [1.29, 1.82) is 0 Å². The lowest BCUT2D eigenvalue weighted by molar-refractivity contribution is 0.478. The molecule has 0 aromatic heterocycles. The average molecular weight is 235 g/mol. The first-order valence-electron chi connectivity index (χ1n) is 5.87. The molecule has 0 saturated carbocycles. The molecule has 0 aliphatic carbocycles. The number of rotatable bonds is 2. The number of nitrogens with one attached hydrogen (secondary N) is 1. The molecule has 2 heteroatoms. The third kappa shape index (κ3) is 2.00. The maximum Gasteiger partial charge on any atom is 0.139 e. The standard InChI is InChI=1S/C16H13NO/c18-16-8-4-3-7-15(16)17-14-10-9-12-5-1-2-6-13(12)11-14/h1-11,17-18H. The number of fused-ring (bicyclic) bond motifs is 1. The van der Waals surface area contributed by atoms with Crippen molar-refractivity contribution < 1.29 is 5.11 Å². The molecule has 0 amide bonds. The molecule has 0 aliphatic heterocycles.